The molecule has 0 unspecified atom stereocenters. The first-order chi connectivity index (χ1) is 8.33. The zero-order valence-corrected chi connectivity index (χ0v) is 9.10. The Hall–Kier alpha value is -1.71. The van der Waals surface area contributed by atoms with Crippen LogP contribution in [0.5, 0.6) is 0 Å². The van der Waals surface area contributed by atoms with Crippen LogP contribution in [0.4, 0.5) is 0 Å². The Balaban J connectivity index is 2.15. The average Bonchev–Trinajstić information content (AvgIpc) is 2.94. The van der Waals surface area contributed by atoms with Crippen molar-refractivity contribution in [1.29, 1.82) is 0 Å². The second kappa shape index (κ2) is 2.94. The number of carbonyl (C=O) groups is 1. The highest BCUT2D eigenvalue weighted by Crippen LogP contribution is 2.45. The average molecular weight is 226 g/mol. The van der Waals surface area contributed by atoms with E-state index in [0.29, 0.717) is 18.8 Å². The van der Waals surface area contributed by atoms with E-state index in [9.17, 15) is 4.79 Å². The quantitative estimate of drug-likeness (QED) is 0.691. The molecule has 0 bridgehead atoms. The number of carbonyl (C=O) groups excluding carboxylic acids is 1. The molecule has 0 saturated carbocycles. The van der Waals surface area contributed by atoms with Crippen molar-refractivity contribution in [3.63, 3.8) is 0 Å². The first kappa shape index (κ1) is 9.33. The number of ketones is 1. The van der Waals surface area contributed by atoms with E-state index in [2.05, 4.69) is 0 Å². The molecule has 1 aliphatic heterocycles. The van der Waals surface area contributed by atoms with Gasteiger partial charge in [-0.05, 0) is 5.39 Å². The van der Waals surface area contributed by atoms with Gasteiger partial charge >= 0.3 is 0 Å². The summed E-state index contributed by atoms with van der Waals surface area (Å²) in [4.78, 5) is 12.5. The number of hydrogen-bond acceptors (Lipinski definition) is 3. The third-order valence-electron chi connectivity index (χ3n) is 3.50. The van der Waals surface area contributed by atoms with E-state index in [0.717, 1.165) is 16.3 Å². The third kappa shape index (κ3) is 0.965. The zero-order valence-electron chi connectivity index (χ0n) is 9.10. The third-order valence-corrected chi connectivity index (χ3v) is 3.50. The van der Waals surface area contributed by atoms with Crippen LogP contribution in [-0.2, 0) is 15.3 Å². The maximum Gasteiger partial charge on any atom is 0.262 e. The van der Waals surface area contributed by atoms with E-state index >= 15 is 0 Å². The number of benzene rings is 2. The van der Waals surface area contributed by atoms with Gasteiger partial charge in [-0.15, -0.1) is 0 Å². The molecule has 0 amide bonds. The van der Waals surface area contributed by atoms with Crippen LogP contribution in [0.1, 0.15) is 15.9 Å². The lowest BCUT2D eigenvalue weighted by Gasteiger charge is -2.20. The SMILES string of the molecule is O=C1c2cccc3cccc(c23)C12OCCO2. The van der Waals surface area contributed by atoms with Crippen molar-refractivity contribution in [2.45, 2.75) is 5.79 Å². The molecule has 0 radical (unpaired) electrons. The fourth-order valence-corrected chi connectivity index (χ4v) is 2.80. The van der Waals surface area contributed by atoms with Gasteiger partial charge < -0.3 is 9.47 Å². The first-order valence-electron chi connectivity index (χ1n) is 5.68. The number of ether oxygens (including phenoxy) is 2. The Morgan fingerprint density at radius 1 is 1.00 bits per heavy atom. The standard InChI is InChI=1S/C14H10O3/c15-13-10-5-1-3-9-4-2-6-11(12(9)10)14(13)16-7-8-17-14/h1-6H,7-8H2. The van der Waals surface area contributed by atoms with E-state index < -0.39 is 5.79 Å². The van der Waals surface area contributed by atoms with Gasteiger partial charge in [0.15, 0.2) is 0 Å². The van der Waals surface area contributed by atoms with Crippen molar-refractivity contribution in [1.82, 2.24) is 0 Å². The highest BCUT2D eigenvalue weighted by atomic mass is 16.7. The molecule has 1 aliphatic carbocycles. The van der Waals surface area contributed by atoms with Crippen LogP contribution in [0, 0.1) is 0 Å². The second-order valence-corrected chi connectivity index (χ2v) is 4.35. The zero-order chi connectivity index (χ0) is 11.5. The molecule has 4 rings (SSSR count). The van der Waals surface area contributed by atoms with E-state index in [1.165, 1.54) is 0 Å². The first-order valence-corrected chi connectivity index (χ1v) is 5.68. The predicted octanol–water partition coefficient (Wildman–Crippen LogP) is 2.24. The smallest absolute Gasteiger partial charge is 0.262 e. The maximum absolute atomic E-state index is 12.5. The van der Waals surface area contributed by atoms with Crippen LogP contribution in [0.3, 0.4) is 0 Å². The summed E-state index contributed by atoms with van der Waals surface area (Å²) in [5.41, 5.74) is 1.56. The molecule has 3 heteroatoms. The second-order valence-electron chi connectivity index (χ2n) is 4.35. The summed E-state index contributed by atoms with van der Waals surface area (Å²) in [5.74, 6) is -1.23. The lowest BCUT2D eigenvalue weighted by Crippen LogP contribution is -2.32. The van der Waals surface area contributed by atoms with Crippen molar-refractivity contribution in [2.75, 3.05) is 13.2 Å². The minimum absolute atomic E-state index is 0.0678. The van der Waals surface area contributed by atoms with Gasteiger partial charge in [0, 0.05) is 16.5 Å². The van der Waals surface area contributed by atoms with Crippen LogP contribution in [0.15, 0.2) is 36.4 Å². The molecule has 3 nitrogen and oxygen atoms in total. The molecule has 84 valence electrons. The lowest BCUT2D eigenvalue weighted by molar-refractivity contribution is -0.122. The minimum Gasteiger partial charge on any atom is -0.337 e. The minimum atomic E-state index is -1.16. The summed E-state index contributed by atoms with van der Waals surface area (Å²) in [7, 11) is 0. The molecule has 1 fully saturated rings. The van der Waals surface area contributed by atoms with Gasteiger partial charge in [-0.2, -0.15) is 0 Å². The van der Waals surface area contributed by atoms with Gasteiger partial charge in [0.2, 0.25) is 5.78 Å². The normalized spacial score (nSPS) is 20.6. The molecular weight excluding hydrogens is 216 g/mol. The molecular formula is C14H10O3. The fraction of sp³-hybridized carbons (Fsp3) is 0.214. The van der Waals surface area contributed by atoms with Crippen molar-refractivity contribution in [3.05, 3.63) is 47.5 Å². The monoisotopic (exact) mass is 226 g/mol. The van der Waals surface area contributed by atoms with Crippen molar-refractivity contribution < 1.29 is 14.3 Å². The summed E-state index contributed by atoms with van der Waals surface area (Å²) in [5, 5.41) is 2.03. The number of rotatable bonds is 0. The molecule has 17 heavy (non-hydrogen) atoms. The summed E-state index contributed by atoms with van der Waals surface area (Å²) in [6.07, 6.45) is 0. The molecule has 1 saturated heterocycles. The van der Waals surface area contributed by atoms with Crippen LogP contribution < -0.4 is 0 Å². The number of hydrogen-bond donors (Lipinski definition) is 0. The summed E-state index contributed by atoms with van der Waals surface area (Å²) < 4.78 is 11.2. The van der Waals surface area contributed by atoms with Crippen LogP contribution in [0.25, 0.3) is 10.8 Å². The summed E-state index contributed by atoms with van der Waals surface area (Å²) >= 11 is 0. The van der Waals surface area contributed by atoms with E-state index in [1.807, 2.05) is 36.4 Å². The molecule has 2 aromatic rings. The highest BCUT2D eigenvalue weighted by Gasteiger charge is 2.52. The van der Waals surface area contributed by atoms with Gasteiger partial charge in [-0.3, -0.25) is 4.79 Å². The Kier molecular flexibility index (Phi) is 1.62. The van der Waals surface area contributed by atoms with E-state index in [4.69, 9.17) is 9.47 Å². The van der Waals surface area contributed by atoms with Gasteiger partial charge in [0.05, 0.1) is 13.2 Å². The fourth-order valence-electron chi connectivity index (χ4n) is 2.80. The summed E-state index contributed by atoms with van der Waals surface area (Å²) in [6.45, 7) is 0.937. The van der Waals surface area contributed by atoms with Gasteiger partial charge in [0.25, 0.3) is 5.79 Å². The molecule has 0 N–H and O–H groups in total. The highest BCUT2D eigenvalue weighted by molar-refractivity contribution is 6.18. The van der Waals surface area contributed by atoms with Crippen molar-refractivity contribution in [2.24, 2.45) is 0 Å². The topological polar surface area (TPSA) is 35.5 Å². The Morgan fingerprint density at radius 3 is 2.47 bits per heavy atom. The number of fused-ring (bicyclic) bond motifs is 1. The maximum atomic E-state index is 12.5. The van der Waals surface area contributed by atoms with Gasteiger partial charge in [-0.25, -0.2) is 0 Å². The molecule has 1 heterocycles. The summed E-state index contributed by atoms with van der Waals surface area (Å²) in [6, 6.07) is 11.6. The van der Waals surface area contributed by atoms with Crippen LogP contribution in [-0.4, -0.2) is 19.0 Å². The molecule has 0 aromatic heterocycles. The Bertz CT molecular complexity index is 634. The molecule has 0 atom stereocenters. The van der Waals surface area contributed by atoms with Crippen LogP contribution >= 0.6 is 0 Å². The van der Waals surface area contributed by atoms with E-state index in [-0.39, 0.29) is 5.78 Å². The van der Waals surface area contributed by atoms with Crippen LogP contribution in [0.2, 0.25) is 0 Å². The molecule has 1 spiro atoms. The largest absolute Gasteiger partial charge is 0.337 e. The Labute approximate surface area is 97.9 Å². The van der Waals surface area contributed by atoms with Gasteiger partial charge in [-0.1, -0.05) is 36.4 Å². The Morgan fingerprint density at radius 2 is 1.71 bits per heavy atom. The number of Topliss-reactive ketones (excluding diaryl/α,β-unsaturated/α-hetero) is 1. The van der Waals surface area contributed by atoms with Crippen molar-refractivity contribution >= 4 is 16.6 Å². The predicted molar refractivity (Wildman–Crippen MR) is 61.9 cm³/mol. The van der Waals surface area contributed by atoms with Crippen molar-refractivity contribution in [3.8, 4) is 0 Å². The van der Waals surface area contributed by atoms with Gasteiger partial charge in [0.1, 0.15) is 0 Å². The molecule has 2 aliphatic rings. The lowest BCUT2D eigenvalue weighted by atomic mass is 10.0. The molecule has 2 aromatic carbocycles. The van der Waals surface area contributed by atoms with E-state index in [1.54, 1.807) is 0 Å².